The molecule has 0 bridgehead atoms. The zero-order valence-electron chi connectivity index (χ0n) is 14.3. The van der Waals surface area contributed by atoms with E-state index in [1.165, 1.54) is 4.90 Å². The maximum absolute atomic E-state index is 12.8. The number of carbonyl (C=O) groups is 3. The minimum atomic E-state index is -1.41. The number of nitrogens with one attached hydrogen (secondary N) is 2. The molecule has 138 valence electrons. The van der Waals surface area contributed by atoms with E-state index in [1.54, 1.807) is 32.0 Å². The van der Waals surface area contributed by atoms with E-state index >= 15 is 0 Å². The van der Waals surface area contributed by atoms with E-state index in [4.69, 9.17) is 21.1 Å². The Kier molecular flexibility index (Phi) is 3.76. The zero-order valence-corrected chi connectivity index (χ0v) is 15.1. The third-order valence-electron chi connectivity index (χ3n) is 4.92. The van der Waals surface area contributed by atoms with Crippen LogP contribution in [0.25, 0.3) is 0 Å². The van der Waals surface area contributed by atoms with Gasteiger partial charge in [-0.1, -0.05) is 17.7 Å². The molecule has 2 saturated heterocycles. The van der Waals surface area contributed by atoms with E-state index in [2.05, 4.69) is 10.6 Å². The van der Waals surface area contributed by atoms with Gasteiger partial charge in [-0.15, -0.1) is 0 Å². The molecular weight excluding hydrogens is 362 g/mol. The van der Waals surface area contributed by atoms with Crippen molar-refractivity contribution in [2.24, 2.45) is 0 Å². The lowest BCUT2D eigenvalue weighted by atomic mass is 9.91. The molecule has 4 amide bonds. The predicted octanol–water partition coefficient (Wildman–Crippen LogP) is 1.03. The van der Waals surface area contributed by atoms with Gasteiger partial charge in [0, 0.05) is 17.1 Å². The Morgan fingerprint density at radius 2 is 2.08 bits per heavy atom. The summed E-state index contributed by atoms with van der Waals surface area (Å²) in [5, 5.41) is 5.37. The minimum Gasteiger partial charge on any atom is -0.348 e. The smallest absolute Gasteiger partial charge is 0.322 e. The second-order valence-corrected chi connectivity index (χ2v) is 7.60. The van der Waals surface area contributed by atoms with Crippen molar-refractivity contribution in [3.63, 3.8) is 0 Å². The number of halogens is 1. The zero-order chi connectivity index (χ0) is 18.7. The van der Waals surface area contributed by atoms with Crippen LogP contribution in [-0.2, 0) is 20.8 Å². The lowest BCUT2D eigenvalue weighted by Gasteiger charge is -2.35. The van der Waals surface area contributed by atoms with Crippen molar-refractivity contribution in [1.29, 1.82) is 0 Å². The average Bonchev–Trinajstić information content (AvgIpc) is 3.16. The summed E-state index contributed by atoms with van der Waals surface area (Å²) in [5.41, 5.74) is -0.0868. The first-order valence-corrected chi connectivity index (χ1v) is 8.61. The van der Waals surface area contributed by atoms with Gasteiger partial charge in [-0.2, -0.15) is 0 Å². The van der Waals surface area contributed by atoms with Gasteiger partial charge in [0.1, 0.15) is 6.10 Å². The van der Waals surface area contributed by atoms with Crippen molar-refractivity contribution in [2.45, 2.75) is 37.8 Å². The highest BCUT2D eigenvalue weighted by Crippen LogP contribution is 2.34. The van der Waals surface area contributed by atoms with Crippen LogP contribution in [-0.4, -0.2) is 53.3 Å². The van der Waals surface area contributed by atoms with Crippen LogP contribution in [0.3, 0.4) is 0 Å². The number of hydrogen-bond acceptors (Lipinski definition) is 5. The van der Waals surface area contributed by atoms with Crippen LogP contribution < -0.4 is 10.6 Å². The summed E-state index contributed by atoms with van der Waals surface area (Å²) >= 11 is 5.98. The summed E-state index contributed by atoms with van der Waals surface area (Å²) in [6.45, 7) is 3.89. The number of amides is 4. The summed E-state index contributed by atoms with van der Waals surface area (Å²) in [7, 11) is 0. The first-order chi connectivity index (χ1) is 12.2. The number of carbonyl (C=O) groups excluding carboxylic acids is 3. The van der Waals surface area contributed by atoms with Crippen LogP contribution in [0.15, 0.2) is 18.2 Å². The first-order valence-electron chi connectivity index (χ1n) is 8.23. The molecule has 1 aromatic carbocycles. The van der Waals surface area contributed by atoms with Crippen molar-refractivity contribution < 1.29 is 23.9 Å². The van der Waals surface area contributed by atoms with Crippen LogP contribution in [0.1, 0.15) is 29.8 Å². The monoisotopic (exact) mass is 379 g/mol. The fraction of sp³-hybridized carbons (Fsp3) is 0.471. The summed E-state index contributed by atoms with van der Waals surface area (Å²) < 4.78 is 11.4. The highest BCUT2D eigenvalue weighted by atomic mass is 35.5. The molecule has 0 spiro atoms. The number of benzene rings is 1. The molecule has 0 aromatic heterocycles. The molecule has 9 heteroatoms. The average molecular weight is 380 g/mol. The number of fused-ring (bicyclic) bond motifs is 1. The minimum absolute atomic E-state index is 0.0280. The topological polar surface area (TPSA) is 97.0 Å². The van der Waals surface area contributed by atoms with Gasteiger partial charge in [0.2, 0.25) is 0 Å². The number of rotatable bonds is 3. The van der Waals surface area contributed by atoms with E-state index in [0.717, 1.165) is 5.56 Å². The van der Waals surface area contributed by atoms with Gasteiger partial charge < -0.3 is 19.7 Å². The third kappa shape index (κ3) is 2.65. The van der Waals surface area contributed by atoms with Crippen LogP contribution in [0.5, 0.6) is 0 Å². The maximum Gasteiger partial charge on any atom is 0.322 e. The van der Waals surface area contributed by atoms with Crippen LogP contribution in [0, 0.1) is 0 Å². The standard InChI is InChI=1S/C17H18ClN3O5/c1-16(2)25-7-12(26-16)17(14(23)19-15(24)20-17)8-21-6-9-3-4-10(18)5-11(9)13(21)22/h3-5,12H,6-8H2,1-2H3,(H2,19,20,23,24)/t12-,17?/m1/s1. The van der Waals surface area contributed by atoms with Gasteiger partial charge in [-0.05, 0) is 31.5 Å². The quantitative estimate of drug-likeness (QED) is 0.764. The molecule has 8 nitrogen and oxygen atoms in total. The van der Waals surface area contributed by atoms with E-state index in [0.29, 0.717) is 17.1 Å². The summed E-state index contributed by atoms with van der Waals surface area (Å²) in [4.78, 5) is 38.8. The van der Waals surface area contributed by atoms with E-state index in [1.807, 2.05) is 0 Å². The Bertz CT molecular complexity index is 827. The highest BCUT2D eigenvalue weighted by molar-refractivity contribution is 6.31. The lowest BCUT2D eigenvalue weighted by molar-refractivity contribution is -0.153. The van der Waals surface area contributed by atoms with Gasteiger partial charge >= 0.3 is 6.03 Å². The lowest BCUT2D eigenvalue weighted by Crippen LogP contribution is -2.63. The first kappa shape index (κ1) is 17.3. The van der Waals surface area contributed by atoms with Crippen molar-refractivity contribution in [3.8, 4) is 0 Å². The molecule has 1 aromatic rings. The molecule has 3 aliphatic heterocycles. The van der Waals surface area contributed by atoms with Crippen LogP contribution in [0.4, 0.5) is 4.79 Å². The number of nitrogens with zero attached hydrogens (tertiary/aromatic N) is 1. The summed E-state index contributed by atoms with van der Waals surface area (Å²) in [5.74, 6) is -1.65. The maximum atomic E-state index is 12.8. The molecule has 26 heavy (non-hydrogen) atoms. The van der Waals surface area contributed by atoms with Crippen molar-refractivity contribution in [3.05, 3.63) is 34.3 Å². The normalized spacial score (nSPS) is 29.7. The molecule has 0 radical (unpaired) electrons. The van der Waals surface area contributed by atoms with E-state index in [-0.39, 0.29) is 19.1 Å². The summed E-state index contributed by atoms with van der Waals surface area (Å²) in [6.07, 6.45) is -0.718. The second-order valence-electron chi connectivity index (χ2n) is 7.16. The Labute approximate surface area is 154 Å². The molecule has 4 rings (SSSR count). The molecular formula is C17H18ClN3O5. The second kappa shape index (κ2) is 5.67. The predicted molar refractivity (Wildman–Crippen MR) is 90.5 cm³/mol. The fourth-order valence-electron chi connectivity index (χ4n) is 3.64. The molecule has 3 aliphatic rings. The number of ether oxygens (including phenoxy) is 2. The van der Waals surface area contributed by atoms with Gasteiger partial charge in [0.25, 0.3) is 11.8 Å². The Hall–Kier alpha value is -2.16. The molecule has 2 N–H and O–H groups in total. The molecule has 2 atom stereocenters. The molecule has 0 saturated carbocycles. The largest absolute Gasteiger partial charge is 0.348 e. The fourth-order valence-corrected chi connectivity index (χ4v) is 3.81. The Morgan fingerprint density at radius 1 is 1.31 bits per heavy atom. The number of urea groups is 1. The summed E-state index contributed by atoms with van der Waals surface area (Å²) in [6, 6.07) is 4.49. The highest BCUT2D eigenvalue weighted by Gasteiger charge is 2.58. The van der Waals surface area contributed by atoms with Crippen LogP contribution >= 0.6 is 11.6 Å². The number of hydrogen-bond donors (Lipinski definition) is 2. The molecule has 3 heterocycles. The van der Waals surface area contributed by atoms with Crippen molar-refractivity contribution >= 4 is 29.4 Å². The van der Waals surface area contributed by atoms with Crippen molar-refractivity contribution in [2.75, 3.05) is 13.2 Å². The van der Waals surface area contributed by atoms with Gasteiger partial charge in [-0.25, -0.2) is 4.79 Å². The Morgan fingerprint density at radius 3 is 2.69 bits per heavy atom. The van der Waals surface area contributed by atoms with E-state index < -0.39 is 29.4 Å². The Balaban J connectivity index is 1.64. The van der Waals surface area contributed by atoms with Gasteiger partial charge in [0.15, 0.2) is 11.3 Å². The SMILES string of the molecule is CC1(C)OC[C@H](C2(CN3Cc4ccc(Cl)cc4C3=O)NC(=O)NC2=O)O1. The molecule has 0 aliphatic carbocycles. The van der Waals surface area contributed by atoms with Gasteiger partial charge in [0.05, 0.1) is 13.2 Å². The van der Waals surface area contributed by atoms with Crippen LogP contribution in [0.2, 0.25) is 5.02 Å². The van der Waals surface area contributed by atoms with Crippen molar-refractivity contribution in [1.82, 2.24) is 15.5 Å². The number of imide groups is 1. The third-order valence-corrected chi connectivity index (χ3v) is 5.15. The van der Waals surface area contributed by atoms with E-state index in [9.17, 15) is 14.4 Å². The molecule has 2 fully saturated rings. The van der Waals surface area contributed by atoms with Gasteiger partial charge in [-0.3, -0.25) is 14.9 Å². The molecule has 1 unspecified atom stereocenters.